The lowest BCUT2D eigenvalue weighted by molar-refractivity contribution is 0.148. The smallest absolute Gasteiger partial charge is 0.0702 e. The first-order valence-corrected chi connectivity index (χ1v) is 8.49. The van der Waals surface area contributed by atoms with E-state index in [1.807, 2.05) is 18.5 Å². The van der Waals surface area contributed by atoms with Gasteiger partial charge in [-0.3, -0.25) is 14.9 Å². The molecule has 1 aromatic carbocycles. The predicted octanol–water partition coefficient (Wildman–Crippen LogP) is 3.04. The van der Waals surface area contributed by atoms with Crippen LogP contribution in [0.3, 0.4) is 0 Å². The third kappa shape index (κ3) is 3.30. The summed E-state index contributed by atoms with van der Waals surface area (Å²) in [6.07, 6.45) is 3.84. The van der Waals surface area contributed by atoms with E-state index in [1.165, 1.54) is 5.56 Å². The van der Waals surface area contributed by atoms with Gasteiger partial charge >= 0.3 is 0 Å². The number of hydrogen-bond donors (Lipinski definition) is 0. The van der Waals surface area contributed by atoms with Crippen LogP contribution < -0.4 is 0 Å². The maximum atomic E-state index is 4.68. The Labute approximate surface area is 142 Å². The van der Waals surface area contributed by atoms with Gasteiger partial charge in [0.25, 0.3) is 0 Å². The quantitative estimate of drug-likeness (QED) is 0.743. The summed E-state index contributed by atoms with van der Waals surface area (Å²) in [6.45, 7) is 5.56. The lowest BCUT2D eigenvalue weighted by Gasteiger charge is -2.32. The van der Waals surface area contributed by atoms with E-state index in [1.54, 1.807) is 0 Å². The number of hydrogen-bond acceptors (Lipinski definition) is 4. The van der Waals surface area contributed by atoms with Gasteiger partial charge in [0.1, 0.15) is 0 Å². The Morgan fingerprint density at radius 3 is 2.62 bits per heavy atom. The first-order valence-electron chi connectivity index (χ1n) is 8.49. The van der Waals surface area contributed by atoms with Crippen LogP contribution in [-0.4, -0.2) is 53.0 Å². The van der Waals surface area contributed by atoms with Crippen molar-refractivity contribution in [3.8, 4) is 11.3 Å². The van der Waals surface area contributed by atoms with E-state index < -0.39 is 0 Å². The SMILES string of the molecule is CN1CCN(Cc2ccc(-c3ccc4ncccc4c3)nc2)CC1. The molecule has 0 bridgehead atoms. The molecule has 0 saturated carbocycles. The molecule has 0 unspecified atom stereocenters. The topological polar surface area (TPSA) is 32.3 Å². The molecule has 122 valence electrons. The van der Waals surface area contributed by atoms with Crippen molar-refractivity contribution in [2.75, 3.05) is 33.2 Å². The summed E-state index contributed by atoms with van der Waals surface area (Å²) in [7, 11) is 2.19. The van der Waals surface area contributed by atoms with E-state index in [4.69, 9.17) is 0 Å². The number of fused-ring (bicyclic) bond motifs is 1. The van der Waals surface area contributed by atoms with Crippen LogP contribution in [0.25, 0.3) is 22.2 Å². The highest BCUT2D eigenvalue weighted by atomic mass is 15.2. The number of rotatable bonds is 3. The van der Waals surface area contributed by atoms with Gasteiger partial charge in [0.05, 0.1) is 11.2 Å². The second-order valence-electron chi connectivity index (χ2n) is 6.54. The summed E-state index contributed by atoms with van der Waals surface area (Å²) >= 11 is 0. The average Bonchev–Trinajstić information content (AvgIpc) is 2.64. The lowest BCUT2D eigenvalue weighted by atomic mass is 10.1. The molecule has 0 spiro atoms. The van der Waals surface area contributed by atoms with Crippen molar-refractivity contribution in [1.82, 2.24) is 19.8 Å². The van der Waals surface area contributed by atoms with Gasteiger partial charge in [0.2, 0.25) is 0 Å². The van der Waals surface area contributed by atoms with Gasteiger partial charge in [-0.1, -0.05) is 18.2 Å². The van der Waals surface area contributed by atoms with Crippen molar-refractivity contribution in [1.29, 1.82) is 0 Å². The number of nitrogens with zero attached hydrogens (tertiary/aromatic N) is 4. The Morgan fingerprint density at radius 2 is 1.83 bits per heavy atom. The number of likely N-dealkylation sites (N-methyl/N-ethyl adjacent to an activating group) is 1. The molecule has 4 rings (SSSR count). The molecule has 2 aromatic heterocycles. The van der Waals surface area contributed by atoms with Crippen LogP contribution >= 0.6 is 0 Å². The van der Waals surface area contributed by atoms with Crippen molar-refractivity contribution < 1.29 is 0 Å². The summed E-state index contributed by atoms with van der Waals surface area (Å²) in [6, 6.07) is 14.7. The molecule has 0 atom stereocenters. The van der Waals surface area contributed by atoms with Gasteiger partial charge in [-0.05, 0) is 36.9 Å². The molecule has 1 fully saturated rings. The molecule has 4 heteroatoms. The minimum atomic E-state index is 0.989. The normalized spacial score (nSPS) is 16.5. The second-order valence-corrected chi connectivity index (χ2v) is 6.54. The van der Waals surface area contributed by atoms with E-state index in [-0.39, 0.29) is 0 Å². The molecular formula is C20H22N4. The second kappa shape index (κ2) is 6.67. The van der Waals surface area contributed by atoms with Crippen molar-refractivity contribution in [2.45, 2.75) is 6.54 Å². The summed E-state index contributed by atoms with van der Waals surface area (Å²) < 4.78 is 0. The molecule has 1 aliphatic heterocycles. The third-order valence-electron chi connectivity index (χ3n) is 4.73. The van der Waals surface area contributed by atoms with Gasteiger partial charge in [-0.15, -0.1) is 0 Å². The predicted molar refractivity (Wildman–Crippen MR) is 97.7 cm³/mol. The highest BCUT2D eigenvalue weighted by molar-refractivity contribution is 5.83. The van der Waals surface area contributed by atoms with Crippen LogP contribution in [0.4, 0.5) is 0 Å². The van der Waals surface area contributed by atoms with Crippen LogP contribution in [0.2, 0.25) is 0 Å². The van der Waals surface area contributed by atoms with E-state index >= 15 is 0 Å². The van der Waals surface area contributed by atoms with Crippen molar-refractivity contribution in [3.05, 3.63) is 60.4 Å². The number of aromatic nitrogens is 2. The zero-order valence-corrected chi connectivity index (χ0v) is 14.0. The van der Waals surface area contributed by atoms with Crippen LogP contribution in [-0.2, 0) is 6.54 Å². The molecule has 0 amide bonds. The van der Waals surface area contributed by atoms with E-state index in [0.717, 1.165) is 54.9 Å². The minimum absolute atomic E-state index is 0.989. The van der Waals surface area contributed by atoms with Gasteiger partial charge in [0, 0.05) is 56.1 Å². The van der Waals surface area contributed by atoms with Gasteiger partial charge < -0.3 is 4.90 Å². The summed E-state index contributed by atoms with van der Waals surface area (Å²) in [4.78, 5) is 13.9. The van der Waals surface area contributed by atoms with Crippen LogP contribution in [0.1, 0.15) is 5.56 Å². The van der Waals surface area contributed by atoms with Crippen LogP contribution in [0.15, 0.2) is 54.9 Å². The van der Waals surface area contributed by atoms with Gasteiger partial charge in [-0.2, -0.15) is 0 Å². The maximum Gasteiger partial charge on any atom is 0.0702 e. The Balaban J connectivity index is 1.50. The summed E-state index contributed by atoms with van der Waals surface area (Å²) in [5.74, 6) is 0. The molecule has 1 saturated heterocycles. The monoisotopic (exact) mass is 318 g/mol. The molecule has 24 heavy (non-hydrogen) atoms. The van der Waals surface area contributed by atoms with Crippen molar-refractivity contribution in [3.63, 3.8) is 0 Å². The maximum absolute atomic E-state index is 4.68. The number of pyridine rings is 2. The van der Waals surface area contributed by atoms with Crippen LogP contribution in [0.5, 0.6) is 0 Å². The van der Waals surface area contributed by atoms with Crippen molar-refractivity contribution >= 4 is 10.9 Å². The molecule has 0 N–H and O–H groups in total. The van der Waals surface area contributed by atoms with Crippen LogP contribution in [0, 0.1) is 0 Å². The highest BCUT2D eigenvalue weighted by Crippen LogP contribution is 2.22. The fourth-order valence-electron chi connectivity index (χ4n) is 3.19. The fraction of sp³-hybridized carbons (Fsp3) is 0.300. The first-order chi connectivity index (χ1) is 11.8. The summed E-state index contributed by atoms with van der Waals surface area (Å²) in [5.41, 5.74) is 4.46. The van der Waals surface area contributed by atoms with E-state index in [9.17, 15) is 0 Å². The Hall–Kier alpha value is -2.30. The third-order valence-corrected chi connectivity index (χ3v) is 4.73. The average molecular weight is 318 g/mol. The Kier molecular flexibility index (Phi) is 4.24. The van der Waals surface area contributed by atoms with E-state index in [0.29, 0.717) is 0 Å². The standard InChI is InChI=1S/C20H22N4/c1-23-9-11-24(12-10-23)15-16-4-6-20(22-14-16)18-5-7-19-17(13-18)3-2-8-21-19/h2-8,13-14H,9-12,15H2,1H3. The zero-order valence-electron chi connectivity index (χ0n) is 14.0. The summed E-state index contributed by atoms with van der Waals surface area (Å²) in [5, 5.41) is 1.15. The molecule has 3 aromatic rings. The zero-order chi connectivity index (χ0) is 16.4. The highest BCUT2D eigenvalue weighted by Gasteiger charge is 2.14. The Bertz CT molecular complexity index is 820. The van der Waals surface area contributed by atoms with E-state index in [2.05, 4.69) is 63.2 Å². The minimum Gasteiger partial charge on any atom is -0.304 e. The molecular weight excluding hydrogens is 296 g/mol. The molecule has 0 radical (unpaired) electrons. The number of piperazine rings is 1. The van der Waals surface area contributed by atoms with Gasteiger partial charge in [-0.25, -0.2) is 0 Å². The fourth-order valence-corrected chi connectivity index (χ4v) is 3.19. The Morgan fingerprint density at radius 1 is 0.958 bits per heavy atom. The first kappa shape index (κ1) is 15.2. The molecule has 3 heterocycles. The largest absolute Gasteiger partial charge is 0.304 e. The lowest BCUT2D eigenvalue weighted by Crippen LogP contribution is -2.43. The molecule has 0 aliphatic carbocycles. The van der Waals surface area contributed by atoms with Crippen molar-refractivity contribution in [2.24, 2.45) is 0 Å². The number of benzene rings is 1. The van der Waals surface area contributed by atoms with Gasteiger partial charge in [0.15, 0.2) is 0 Å². The molecule has 4 nitrogen and oxygen atoms in total. The molecule has 1 aliphatic rings.